The lowest BCUT2D eigenvalue weighted by atomic mass is 9.73. The Morgan fingerprint density at radius 2 is 1.94 bits per heavy atom. The highest BCUT2D eigenvalue weighted by atomic mass is 16.5. The van der Waals surface area contributed by atoms with Gasteiger partial charge in [0.25, 0.3) is 0 Å². The van der Waals surface area contributed by atoms with Crippen molar-refractivity contribution in [1.29, 1.82) is 0 Å². The minimum absolute atomic E-state index is 0.00726. The van der Waals surface area contributed by atoms with Crippen molar-refractivity contribution in [2.24, 2.45) is 10.4 Å². The highest BCUT2D eigenvalue weighted by Gasteiger charge is 2.36. The van der Waals surface area contributed by atoms with Crippen molar-refractivity contribution in [1.82, 2.24) is 5.16 Å². The maximum Gasteiger partial charge on any atom is 0.168 e. The molecule has 2 aliphatic carbocycles. The molecule has 0 radical (unpaired) electrons. The number of hydrogen-bond acceptors (Lipinski definition) is 6. The number of rotatable bonds is 4. The monoisotopic (exact) mass is 420 g/mol. The van der Waals surface area contributed by atoms with Gasteiger partial charge in [0.2, 0.25) is 0 Å². The molecule has 162 valence electrons. The third-order valence-electron chi connectivity index (χ3n) is 6.03. The van der Waals surface area contributed by atoms with Gasteiger partial charge in [-0.15, -0.1) is 0 Å². The zero-order valence-electron chi connectivity index (χ0n) is 18.3. The van der Waals surface area contributed by atoms with E-state index in [-0.39, 0.29) is 29.2 Å². The quantitative estimate of drug-likeness (QED) is 0.527. The topological polar surface area (TPSA) is 92.8 Å². The van der Waals surface area contributed by atoms with E-state index in [1.807, 2.05) is 45.0 Å². The van der Waals surface area contributed by atoms with Crippen LogP contribution in [0.1, 0.15) is 73.3 Å². The molecule has 6 heteroatoms. The predicted octanol–water partition coefficient (Wildman–Crippen LogP) is 5.41. The molecule has 0 aliphatic heterocycles. The van der Waals surface area contributed by atoms with Crippen LogP contribution >= 0.6 is 0 Å². The lowest BCUT2D eigenvalue weighted by Crippen LogP contribution is -2.32. The number of fused-ring (bicyclic) bond motifs is 1. The third-order valence-corrected chi connectivity index (χ3v) is 6.03. The van der Waals surface area contributed by atoms with Gasteiger partial charge in [-0.3, -0.25) is 14.6 Å². The number of hydrogen-bond donors (Lipinski definition) is 1. The van der Waals surface area contributed by atoms with Crippen LogP contribution in [-0.4, -0.2) is 27.5 Å². The lowest BCUT2D eigenvalue weighted by Gasteiger charge is -2.31. The van der Waals surface area contributed by atoms with Crippen molar-refractivity contribution in [3.63, 3.8) is 0 Å². The van der Waals surface area contributed by atoms with E-state index in [1.54, 1.807) is 0 Å². The molecule has 0 amide bonds. The van der Waals surface area contributed by atoms with Crippen molar-refractivity contribution < 1.29 is 19.2 Å². The summed E-state index contributed by atoms with van der Waals surface area (Å²) >= 11 is 0. The van der Waals surface area contributed by atoms with E-state index < -0.39 is 0 Å². The molecule has 0 atom stereocenters. The van der Waals surface area contributed by atoms with Gasteiger partial charge in [-0.2, -0.15) is 0 Å². The second-order valence-electron chi connectivity index (χ2n) is 9.31. The molecule has 0 unspecified atom stereocenters. The van der Waals surface area contributed by atoms with Crippen LogP contribution in [0.4, 0.5) is 5.69 Å². The first-order valence-electron chi connectivity index (χ1n) is 10.8. The molecule has 1 aromatic heterocycles. The fourth-order valence-corrected chi connectivity index (χ4v) is 4.46. The Morgan fingerprint density at radius 3 is 2.71 bits per heavy atom. The lowest BCUT2D eigenvalue weighted by molar-refractivity contribution is -0.117. The summed E-state index contributed by atoms with van der Waals surface area (Å²) in [6, 6.07) is 7.75. The number of carbonyl (C=O) groups is 2. The van der Waals surface area contributed by atoms with Crippen molar-refractivity contribution in [2.45, 2.75) is 65.7 Å². The normalized spacial score (nSPS) is 21.3. The van der Waals surface area contributed by atoms with E-state index in [0.29, 0.717) is 60.4 Å². The summed E-state index contributed by atoms with van der Waals surface area (Å²) in [6.07, 6.45) is 3.49. The van der Waals surface area contributed by atoms with Gasteiger partial charge in [0.15, 0.2) is 11.6 Å². The molecule has 0 spiro atoms. The average molecular weight is 421 g/mol. The number of aromatic nitrogens is 1. The fraction of sp³-hybridized carbons (Fsp3) is 0.440. The minimum atomic E-state index is -0.222. The molecular formula is C25H28N2O4. The number of aryl methyl sites for hydroxylation is 3. The second kappa shape index (κ2) is 8.25. The first kappa shape index (κ1) is 21.2. The number of Topliss-reactive ketones (excluding diaryl/α,β-unsaturated/α-hetero) is 2. The summed E-state index contributed by atoms with van der Waals surface area (Å²) in [6.45, 7) is 6.06. The maximum absolute atomic E-state index is 13.0. The van der Waals surface area contributed by atoms with Gasteiger partial charge in [0, 0.05) is 32.1 Å². The molecule has 1 N–H and O–H groups in total. The number of para-hydroxylation sites is 1. The van der Waals surface area contributed by atoms with Crippen LogP contribution in [0.5, 0.6) is 0 Å². The van der Waals surface area contributed by atoms with Crippen LogP contribution in [0.2, 0.25) is 0 Å². The molecule has 1 saturated carbocycles. The van der Waals surface area contributed by atoms with E-state index in [4.69, 9.17) is 9.52 Å². The van der Waals surface area contributed by atoms with Crippen LogP contribution in [0, 0.1) is 12.3 Å². The van der Waals surface area contributed by atoms with Gasteiger partial charge in [-0.1, -0.05) is 37.2 Å². The van der Waals surface area contributed by atoms with Crippen molar-refractivity contribution in [2.75, 3.05) is 0 Å². The molecule has 2 aliphatic rings. The molecule has 2 aromatic rings. The molecule has 6 nitrogen and oxygen atoms in total. The summed E-state index contributed by atoms with van der Waals surface area (Å²) in [5.74, 6) is 0.588. The Balaban J connectivity index is 1.66. The molecule has 1 aromatic carbocycles. The standard InChI is InChI=1S/C25H28N2O4/c1-15-7-4-5-8-16(15)26-18-13-25(2,3)14-21(30)23(18)20(29)12-11-17-24-19(28)9-6-10-22(24)31-27-17/h4-5,7-8,29H,6,9-14H2,1-3H3/b23-20+,26-18?. The average Bonchev–Trinajstić information content (AvgIpc) is 3.11. The molecule has 4 rings (SSSR count). The van der Waals surface area contributed by atoms with Crippen molar-refractivity contribution in [3.05, 3.63) is 58.2 Å². The summed E-state index contributed by atoms with van der Waals surface area (Å²) in [5.41, 5.74) is 3.64. The van der Waals surface area contributed by atoms with Gasteiger partial charge in [-0.25, -0.2) is 0 Å². The number of aliphatic hydroxyl groups excluding tert-OH is 1. The molecule has 31 heavy (non-hydrogen) atoms. The first-order chi connectivity index (χ1) is 14.7. The summed E-state index contributed by atoms with van der Waals surface area (Å²) < 4.78 is 5.34. The Kier molecular flexibility index (Phi) is 5.65. The highest BCUT2D eigenvalue weighted by Crippen LogP contribution is 2.37. The zero-order chi connectivity index (χ0) is 22.2. The van der Waals surface area contributed by atoms with Gasteiger partial charge < -0.3 is 9.63 Å². The van der Waals surface area contributed by atoms with Gasteiger partial charge in [-0.05, 0) is 36.8 Å². The van der Waals surface area contributed by atoms with E-state index in [2.05, 4.69) is 5.16 Å². The zero-order valence-corrected chi connectivity index (χ0v) is 18.3. The number of aliphatic hydroxyl groups is 1. The summed E-state index contributed by atoms with van der Waals surface area (Å²) in [5, 5.41) is 15.0. The maximum atomic E-state index is 13.0. The molecule has 0 bridgehead atoms. The van der Waals surface area contributed by atoms with E-state index in [9.17, 15) is 14.7 Å². The van der Waals surface area contributed by atoms with E-state index in [0.717, 1.165) is 17.7 Å². The predicted molar refractivity (Wildman–Crippen MR) is 118 cm³/mol. The SMILES string of the molecule is Cc1ccccc1N=C1CC(C)(C)CC(=O)/C1=C(/O)CCc1noc2c1C(=O)CCC2. The molecule has 1 fully saturated rings. The number of ketones is 2. The van der Waals surface area contributed by atoms with Crippen LogP contribution < -0.4 is 0 Å². The first-order valence-corrected chi connectivity index (χ1v) is 10.8. The van der Waals surface area contributed by atoms with Crippen LogP contribution in [0.15, 0.2) is 45.1 Å². The summed E-state index contributed by atoms with van der Waals surface area (Å²) in [7, 11) is 0. The van der Waals surface area contributed by atoms with Gasteiger partial charge in [0.05, 0.1) is 28.2 Å². The largest absolute Gasteiger partial charge is 0.511 e. The Hall–Kier alpha value is -3.02. The minimum Gasteiger partial charge on any atom is -0.511 e. The summed E-state index contributed by atoms with van der Waals surface area (Å²) in [4.78, 5) is 30.1. The van der Waals surface area contributed by atoms with E-state index >= 15 is 0 Å². The fourth-order valence-electron chi connectivity index (χ4n) is 4.46. The van der Waals surface area contributed by atoms with Gasteiger partial charge in [0.1, 0.15) is 11.5 Å². The van der Waals surface area contributed by atoms with Crippen molar-refractivity contribution >= 4 is 23.0 Å². The smallest absolute Gasteiger partial charge is 0.168 e. The Labute approximate surface area is 182 Å². The van der Waals surface area contributed by atoms with E-state index in [1.165, 1.54) is 0 Å². The Bertz CT molecular complexity index is 1100. The second-order valence-corrected chi connectivity index (χ2v) is 9.31. The van der Waals surface area contributed by atoms with Crippen LogP contribution in [-0.2, 0) is 17.6 Å². The van der Waals surface area contributed by atoms with Gasteiger partial charge >= 0.3 is 0 Å². The molecular weight excluding hydrogens is 392 g/mol. The van der Waals surface area contributed by atoms with Crippen molar-refractivity contribution in [3.8, 4) is 0 Å². The highest BCUT2D eigenvalue weighted by molar-refractivity contribution is 6.25. The number of carbonyl (C=O) groups excluding carboxylic acids is 2. The number of nitrogens with zero attached hydrogens (tertiary/aromatic N) is 2. The van der Waals surface area contributed by atoms with Crippen LogP contribution in [0.25, 0.3) is 0 Å². The third kappa shape index (κ3) is 4.38. The molecule has 0 saturated heterocycles. The Morgan fingerprint density at radius 1 is 1.16 bits per heavy atom. The number of benzene rings is 1. The van der Waals surface area contributed by atoms with Crippen LogP contribution in [0.3, 0.4) is 0 Å². The number of aliphatic imine (C=N–C) groups is 1. The number of allylic oxidation sites excluding steroid dienone is 2. The molecule has 1 heterocycles.